The minimum atomic E-state index is 0.696. The molecule has 0 amide bonds. The first-order valence-corrected chi connectivity index (χ1v) is 7.39. The summed E-state index contributed by atoms with van der Waals surface area (Å²) in [5.41, 5.74) is 2.65. The van der Waals surface area contributed by atoms with E-state index in [0.29, 0.717) is 5.69 Å². The van der Waals surface area contributed by atoms with Crippen LogP contribution < -0.4 is 4.74 Å². The lowest BCUT2D eigenvalue weighted by molar-refractivity contribution is 0.317. The smallest absolute Gasteiger partial charge is 0.136 e. The SMILES string of the molecule is CCCOc1ccc(C#Cc2ccc(CCC)nn2)cc1. The summed E-state index contributed by atoms with van der Waals surface area (Å²) in [4.78, 5) is 0. The molecule has 1 aromatic heterocycles. The van der Waals surface area contributed by atoms with Crippen LogP contribution in [0.4, 0.5) is 0 Å². The minimum Gasteiger partial charge on any atom is -0.494 e. The summed E-state index contributed by atoms with van der Waals surface area (Å²) >= 11 is 0. The third-order valence-electron chi connectivity index (χ3n) is 2.89. The van der Waals surface area contributed by atoms with Crippen molar-refractivity contribution < 1.29 is 4.74 Å². The van der Waals surface area contributed by atoms with E-state index in [4.69, 9.17) is 4.74 Å². The van der Waals surface area contributed by atoms with Crippen molar-refractivity contribution in [3.05, 3.63) is 53.3 Å². The number of aryl methyl sites for hydroxylation is 1. The van der Waals surface area contributed by atoms with Crippen molar-refractivity contribution in [3.63, 3.8) is 0 Å². The van der Waals surface area contributed by atoms with Crippen LogP contribution >= 0.6 is 0 Å². The monoisotopic (exact) mass is 280 g/mol. The lowest BCUT2D eigenvalue weighted by Gasteiger charge is -2.03. The molecule has 0 fully saturated rings. The molecule has 2 rings (SSSR count). The standard InChI is InChI=1S/C18H20N2O/c1-3-5-16-10-11-17(20-19-16)9-6-15-7-12-18(13-8-15)21-14-4-2/h7-8,10-13H,3-5,14H2,1-2H3. The Kier molecular flexibility index (Phi) is 5.78. The topological polar surface area (TPSA) is 35.0 Å². The third-order valence-corrected chi connectivity index (χ3v) is 2.89. The molecule has 0 aliphatic rings. The first-order valence-electron chi connectivity index (χ1n) is 7.39. The van der Waals surface area contributed by atoms with Crippen LogP contribution in [-0.4, -0.2) is 16.8 Å². The van der Waals surface area contributed by atoms with E-state index in [1.54, 1.807) is 0 Å². The normalized spacial score (nSPS) is 9.81. The van der Waals surface area contributed by atoms with Crippen LogP contribution in [0.1, 0.15) is 43.6 Å². The van der Waals surface area contributed by atoms with Crippen LogP contribution in [0.15, 0.2) is 36.4 Å². The number of ether oxygens (including phenoxy) is 1. The first-order chi connectivity index (χ1) is 10.3. The fourth-order valence-electron chi connectivity index (χ4n) is 1.81. The molecule has 2 aromatic rings. The second kappa shape index (κ2) is 8.06. The largest absolute Gasteiger partial charge is 0.494 e. The molecule has 3 heteroatoms. The molecule has 0 atom stereocenters. The van der Waals surface area contributed by atoms with Crippen molar-refractivity contribution in [1.29, 1.82) is 0 Å². The van der Waals surface area contributed by atoms with E-state index in [-0.39, 0.29) is 0 Å². The van der Waals surface area contributed by atoms with Gasteiger partial charge < -0.3 is 4.74 Å². The Balaban J connectivity index is 2.01. The fraction of sp³-hybridized carbons (Fsp3) is 0.333. The molecule has 0 bridgehead atoms. The molecule has 3 nitrogen and oxygen atoms in total. The molecule has 0 spiro atoms. The van der Waals surface area contributed by atoms with Crippen molar-refractivity contribution >= 4 is 0 Å². The molecule has 0 N–H and O–H groups in total. The highest BCUT2D eigenvalue weighted by atomic mass is 16.5. The molecule has 0 aliphatic carbocycles. The van der Waals surface area contributed by atoms with E-state index >= 15 is 0 Å². The summed E-state index contributed by atoms with van der Waals surface area (Å²) < 4.78 is 5.54. The van der Waals surface area contributed by atoms with Gasteiger partial charge in [-0.2, -0.15) is 5.10 Å². The van der Waals surface area contributed by atoms with E-state index in [0.717, 1.165) is 42.9 Å². The molecule has 1 aromatic carbocycles. The van der Waals surface area contributed by atoms with Crippen molar-refractivity contribution in [1.82, 2.24) is 10.2 Å². The summed E-state index contributed by atoms with van der Waals surface area (Å²) in [5.74, 6) is 7.00. The van der Waals surface area contributed by atoms with Gasteiger partial charge in [-0.25, -0.2) is 0 Å². The Morgan fingerprint density at radius 2 is 1.71 bits per heavy atom. The van der Waals surface area contributed by atoms with Crippen LogP contribution in [0.3, 0.4) is 0 Å². The summed E-state index contributed by atoms with van der Waals surface area (Å²) in [6.07, 6.45) is 3.04. The van der Waals surface area contributed by atoms with E-state index in [1.165, 1.54) is 0 Å². The number of benzene rings is 1. The maximum atomic E-state index is 5.54. The Morgan fingerprint density at radius 1 is 0.905 bits per heavy atom. The predicted molar refractivity (Wildman–Crippen MR) is 84.2 cm³/mol. The highest BCUT2D eigenvalue weighted by Gasteiger charge is 1.95. The quantitative estimate of drug-likeness (QED) is 0.785. The zero-order chi connectivity index (χ0) is 14.9. The highest BCUT2D eigenvalue weighted by molar-refractivity contribution is 5.42. The van der Waals surface area contributed by atoms with Crippen molar-refractivity contribution in [3.8, 4) is 17.6 Å². The van der Waals surface area contributed by atoms with Crippen LogP contribution in [0, 0.1) is 11.8 Å². The average molecular weight is 280 g/mol. The molecule has 0 radical (unpaired) electrons. The maximum Gasteiger partial charge on any atom is 0.136 e. The second-order valence-electron chi connectivity index (χ2n) is 4.78. The van der Waals surface area contributed by atoms with Crippen molar-refractivity contribution in [2.45, 2.75) is 33.1 Å². The summed E-state index contributed by atoms with van der Waals surface area (Å²) in [7, 11) is 0. The van der Waals surface area contributed by atoms with Gasteiger partial charge in [0.2, 0.25) is 0 Å². The van der Waals surface area contributed by atoms with E-state index < -0.39 is 0 Å². The number of hydrogen-bond donors (Lipinski definition) is 0. The zero-order valence-corrected chi connectivity index (χ0v) is 12.6. The molecule has 1 heterocycles. The fourth-order valence-corrected chi connectivity index (χ4v) is 1.81. The lowest BCUT2D eigenvalue weighted by atomic mass is 10.2. The molecule has 0 saturated carbocycles. The lowest BCUT2D eigenvalue weighted by Crippen LogP contribution is -1.94. The van der Waals surface area contributed by atoms with Gasteiger partial charge in [-0.15, -0.1) is 5.10 Å². The van der Waals surface area contributed by atoms with E-state index in [9.17, 15) is 0 Å². The number of rotatable bonds is 5. The summed E-state index contributed by atoms with van der Waals surface area (Å²) in [6, 6.07) is 11.7. The zero-order valence-electron chi connectivity index (χ0n) is 12.6. The second-order valence-corrected chi connectivity index (χ2v) is 4.78. The average Bonchev–Trinajstić information content (AvgIpc) is 2.53. The molecule has 0 aliphatic heterocycles. The molecule has 0 unspecified atom stereocenters. The Bertz CT molecular complexity index is 606. The summed E-state index contributed by atoms with van der Waals surface area (Å²) in [6.45, 7) is 4.96. The van der Waals surface area contributed by atoms with Gasteiger partial charge in [0.05, 0.1) is 12.3 Å². The van der Waals surface area contributed by atoms with Gasteiger partial charge >= 0.3 is 0 Å². The van der Waals surface area contributed by atoms with E-state index in [2.05, 4.69) is 35.9 Å². The van der Waals surface area contributed by atoms with Gasteiger partial charge in [-0.1, -0.05) is 26.2 Å². The van der Waals surface area contributed by atoms with E-state index in [1.807, 2.05) is 36.4 Å². The molecule has 0 saturated heterocycles. The maximum absolute atomic E-state index is 5.54. The van der Waals surface area contributed by atoms with Crippen LogP contribution in [0.5, 0.6) is 5.75 Å². The first kappa shape index (κ1) is 15.1. The predicted octanol–water partition coefficient (Wildman–Crippen LogP) is 3.62. The molecule has 21 heavy (non-hydrogen) atoms. The molecule has 108 valence electrons. The minimum absolute atomic E-state index is 0.696. The van der Waals surface area contributed by atoms with Gasteiger partial charge in [0.15, 0.2) is 0 Å². The van der Waals surface area contributed by atoms with Crippen LogP contribution in [0.25, 0.3) is 0 Å². The Morgan fingerprint density at radius 3 is 2.33 bits per heavy atom. The van der Waals surface area contributed by atoms with Crippen molar-refractivity contribution in [2.75, 3.05) is 6.61 Å². The third kappa shape index (κ3) is 4.92. The van der Waals surface area contributed by atoms with Gasteiger partial charge in [0, 0.05) is 5.56 Å². The van der Waals surface area contributed by atoms with Gasteiger partial charge in [0.25, 0.3) is 0 Å². The number of hydrogen-bond acceptors (Lipinski definition) is 3. The number of nitrogens with zero attached hydrogens (tertiary/aromatic N) is 2. The van der Waals surface area contributed by atoms with Gasteiger partial charge in [-0.05, 0) is 55.2 Å². The molecular weight excluding hydrogens is 260 g/mol. The molecular formula is C18H20N2O. The Labute approximate surface area is 126 Å². The van der Waals surface area contributed by atoms with Crippen molar-refractivity contribution in [2.24, 2.45) is 0 Å². The summed E-state index contributed by atoms with van der Waals surface area (Å²) in [5, 5.41) is 8.28. The van der Waals surface area contributed by atoms with Gasteiger partial charge in [-0.3, -0.25) is 0 Å². The number of aromatic nitrogens is 2. The van der Waals surface area contributed by atoms with Crippen LogP contribution in [0.2, 0.25) is 0 Å². The van der Waals surface area contributed by atoms with Crippen LogP contribution in [-0.2, 0) is 6.42 Å². The highest BCUT2D eigenvalue weighted by Crippen LogP contribution is 2.11. The van der Waals surface area contributed by atoms with Gasteiger partial charge in [0.1, 0.15) is 11.4 Å². The Hall–Kier alpha value is -2.34.